The first kappa shape index (κ1) is 19.7. The third-order valence-electron chi connectivity index (χ3n) is 3.99. The third kappa shape index (κ3) is 3.67. The normalized spacial score (nSPS) is 15.2. The summed E-state index contributed by atoms with van der Waals surface area (Å²) in [6, 6.07) is 9.05. The average Bonchev–Trinajstić information content (AvgIpc) is 2.95. The summed E-state index contributed by atoms with van der Waals surface area (Å²) in [5.41, 5.74) is 0.586. The van der Waals surface area contributed by atoms with E-state index in [1.165, 1.54) is 37.3 Å². The van der Waals surface area contributed by atoms with Crippen LogP contribution in [-0.4, -0.2) is 40.6 Å². The number of aromatic hydroxyl groups is 1. The van der Waals surface area contributed by atoms with E-state index in [4.69, 9.17) is 21.7 Å². The molecule has 0 unspecified atom stereocenters. The number of nitrogens with zero attached hydrogens (tertiary/aromatic N) is 1. The number of aromatic carboxylic acids is 1. The topological polar surface area (TPSA) is 96.3 Å². The number of benzene rings is 2. The van der Waals surface area contributed by atoms with Crippen LogP contribution in [-0.2, 0) is 4.79 Å². The van der Waals surface area contributed by atoms with Crippen molar-refractivity contribution in [3.05, 3.63) is 52.4 Å². The van der Waals surface area contributed by atoms with Crippen molar-refractivity contribution in [1.82, 2.24) is 0 Å². The molecule has 1 aliphatic rings. The molecule has 0 atom stereocenters. The zero-order chi connectivity index (χ0) is 20.4. The molecular formula is C19H15NO6S2. The molecule has 0 aromatic heterocycles. The molecule has 1 saturated heterocycles. The summed E-state index contributed by atoms with van der Waals surface area (Å²) in [4.78, 5) is 25.7. The first-order valence-corrected chi connectivity index (χ1v) is 9.14. The molecule has 0 radical (unpaired) electrons. The molecule has 0 aliphatic carbocycles. The number of rotatable bonds is 5. The van der Waals surface area contributed by atoms with Gasteiger partial charge < -0.3 is 19.7 Å². The van der Waals surface area contributed by atoms with Gasteiger partial charge >= 0.3 is 5.97 Å². The van der Waals surface area contributed by atoms with Gasteiger partial charge in [0.05, 0.1) is 24.8 Å². The van der Waals surface area contributed by atoms with Gasteiger partial charge in [0, 0.05) is 5.56 Å². The number of anilines is 1. The Morgan fingerprint density at radius 2 is 1.93 bits per heavy atom. The first-order chi connectivity index (χ1) is 13.3. The molecule has 1 aliphatic heterocycles. The molecule has 1 amide bonds. The van der Waals surface area contributed by atoms with Crippen molar-refractivity contribution in [3.63, 3.8) is 0 Å². The number of methoxy groups -OCH3 is 2. The lowest BCUT2D eigenvalue weighted by atomic mass is 10.1. The van der Waals surface area contributed by atoms with Gasteiger partial charge in [0.15, 0.2) is 4.32 Å². The minimum Gasteiger partial charge on any atom is -0.507 e. The van der Waals surface area contributed by atoms with Gasteiger partial charge in [-0.1, -0.05) is 24.0 Å². The van der Waals surface area contributed by atoms with E-state index >= 15 is 0 Å². The Hall–Kier alpha value is -3.04. The van der Waals surface area contributed by atoms with Crippen molar-refractivity contribution < 1.29 is 29.3 Å². The molecule has 1 heterocycles. The standard InChI is InChI=1S/C19H15NO6S2/c1-25-12-4-6-15(26-2)10(7-12)8-16-17(22)20(19(27)28-16)11-3-5-14(21)13(9-11)18(23)24/h3-9,21H,1-2H3,(H,23,24)/b16-8+. The second-order valence-electron chi connectivity index (χ2n) is 5.63. The summed E-state index contributed by atoms with van der Waals surface area (Å²) < 4.78 is 10.8. The van der Waals surface area contributed by atoms with Crippen molar-refractivity contribution in [3.8, 4) is 17.2 Å². The number of amides is 1. The van der Waals surface area contributed by atoms with E-state index in [0.29, 0.717) is 22.0 Å². The summed E-state index contributed by atoms with van der Waals surface area (Å²) in [6.45, 7) is 0. The van der Waals surface area contributed by atoms with Crippen LogP contribution in [0, 0.1) is 0 Å². The van der Waals surface area contributed by atoms with Crippen LogP contribution < -0.4 is 14.4 Å². The molecule has 0 saturated carbocycles. The number of hydrogen-bond donors (Lipinski definition) is 2. The number of phenols is 1. The highest BCUT2D eigenvalue weighted by Gasteiger charge is 2.34. The van der Waals surface area contributed by atoms with Crippen LogP contribution in [0.1, 0.15) is 15.9 Å². The van der Waals surface area contributed by atoms with Crippen molar-refractivity contribution in [1.29, 1.82) is 0 Å². The predicted molar refractivity (Wildman–Crippen MR) is 110 cm³/mol. The minimum absolute atomic E-state index is 0.250. The van der Waals surface area contributed by atoms with Gasteiger partial charge in [-0.2, -0.15) is 0 Å². The van der Waals surface area contributed by atoms with Gasteiger partial charge in [0.1, 0.15) is 22.8 Å². The van der Waals surface area contributed by atoms with E-state index in [1.807, 2.05) is 0 Å². The van der Waals surface area contributed by atoms with Crippen molar-refractivity contribution >= 4 is 51.9 Å². The summed E-state index contributed by atoms with van der Waals surface area (Å²) in [5.74, 6) is -0.933. The van der Waals surface area contributed by atoms with Gasteiger partial charge in [-0.25, -0.2) is 4.79 Å². The fourth-order valence-corrected chi connectivity index (χ4v) is 3.91. The maximum atomic E-state index is 12.9. The van der Waals surface area contributed by atoms with E-state index in [9.17, 15) is 19.8 Å². The van der Waals surface area contributed by atoms with Gasteiger partial charge in [-0.15, -0.1) is 0 Å². The molecule has 2 aromatic carbocycles. The minimum atomic E-state index is -1.30. The average molecular weight is 417 g/mol. The monoisotopic (exact) mass is 417 g/mol. The molecule has 1 fully saturated rings. The zero-order valence-corrected chi connectivity index (χ0v) is 16.5. The van der Waals surface area contributed by atoms with Gasteiger partial charge in [-0.3, -0.25) is 9.69 Å². The quantitative estimate of drug-likeness (QED) is 0.564. The van der Waals surface area contributed by atoms with Crippen LogP contribution >= 0.6 is 24.0 Å². The van der Waals surface area contributed by atoms with Gasteiger partial charge in [0.2, 0.25) is 0 Å². The Balaban J connectivity index is 2.00. The zero-order valence-electron chi connectivity index (χ0n) is 14.8. The number of carboxylic acids is 1. The van der Waals surface area contributed by atoms with Crippen molar-refractivity contribution in [2.24, 2.45) is 0 Å². The van der Waals surface area contributed by atoms with Crippen molar-refractivity contribution in [2.45, 2.75) is 0 Å². The largest absolute Gasteiger partial charge is 0.507 e. The molecule has 3 rings (SSSR count). The van der Waals surface area contributed by atoms with E-state index in [1.54, 1.807) is 24.3 Å². The Kier molecular flexibility index (Phi) is 5.57. The highest BCUT2D eigenvalue weighted by molar-refractivity contribution is 8.27. The number of thiocarbonyl (C=S) groups is 1. The number of ether oxygens (including phenoxy) is 2. The molecule has 7 nitrogen and oxygen atoms in total. The van der Waals surface area contributed by atoms with E-state index < -0.39 is 17.6 Å². The molecule has 0 spiro atoms. The Morgan fingerprint density at radius 3 is 2.57 bits per heavy atom. The molecule has 144 valence electrons. The number of carbonyl (C=O) groups excluding carboxylic acids is 1. The van der Waals surface area contributed by atoms with Crippen LogP contribution in [0.15, 0.2) is 41.3 Å². The first-order valence-electron chi connectivity index (χ1n) is 7.92. The lowest BCUT2D eigenvalue weighted by Crippen LogP contribution is -2.27. The fourth-order valence-electron chi connectivity index (χ4n) is 2.62. The number of hydrogen-bond acceptors (Lipinski definition) is 7. The summed E-state index contributed by atoms with van der Waals surface area (Å²) in [6.07, 6.45) is 1.64. The Morgan fingerprint density at radius 1 is 1.18 bits per heavy atom. The van der Waals surface area contributed by atoms with E-state index in [2.05, 4.69) is 0 Å². The third-order valence-corrected chi connectivity index (χ3v) is 5.29. The van der Waals surface area contributed by atoms with Crippen molar-refractivity contribution in [2.75, 3.05) is 19.1 Å². The van der Waals surface area contributed by atoms with Gasteiger partial charge in [-0.05, 0) is 42.5 Å². The second-order valence-corrected chi connectivity index (χ2v) is 7.31. The molecule has 0 bridgehead atoms. The Bertz CT molecular complexity index is 1020. The van der Waals surface area contributed by atoms with E-state index in [0.717, 1.165) is 11.8 Å². The lowest BCUT2D eigenvalue weighted by Gasteiger charge is -2.15. The van der Waals surface area contributed by atoms with Crippen LogP contribution in [0.25, 0.3) is 6.08 Å². The predicted octanol–water partition coefficient (Wildman–Crippen LogP) is 3.51. The van der Waals surface area contributed by atoms with Crippen LogP contribution in [0.3, 0.4) is 0 Å². The number of thioether (sulfide) groups is 1. The maximum absolute atomic E-state index is 12.9. The highest BCUT2D eigenvalue weighted by Crippen LogP contribution is 2.38. The van der Waals surface area contributed by atoms with Crippen LogP contribution in [0.4, 0.5) is 5.69 Å². The highest BCUT2D eigenvalue weighted by atomic mass is 32.2. The molecule has 2 N–H and O–H groups in total. The summed E-state index contributed by atoms with van der Waals surface area (Å²) in [7, 11) is 3.06. The smallest absolute Gasteiger partial charge is 0.339 e. The molecule has 2 aromatic rings. The summed E-state index contributed by atoms with van der Waals surface area (Å²) >= 11 is 6.39. The molecular weight excluding hydrogens is 402 g/mol. The molecule has 28 heavy (non-hydrogen) atoms. The second kappa shape index (κ2) is 7.91. The van der Waals surface area contributed by atoms with Crippen LogP contribution in [0.5, 0.6) is 17.2 Å². The number of carbonyl (C=O) groups is 2. The summed E-state index contributed by atoms with van der Waals surface area (Å²) in [5, 5.41) is 18.9. The number of carboxylic acid groups (broad SMARTS) is 1. The molecule has 9 heteroatoms. The lowest BCUT2D eigenvalue weighted by molar-refractivity contribution is -0.113. The SMILES string of the molecule is COc1ccc(OC)c(/C=C2/SC(=S)N(c3ccc(O)c(C(=O)O)c3)C2=O)c1. The Labute approximate surface area is 170 Å². The van der Waals surface area contributed by atoms with E-state index in [-0.39, 0.29) is 15.6 Å². The maximum Gasteiger partial charge on any atom is 0.339 e. The van der Waals surface area contributed by atoms with Crippen LogP contribution in [0.2, 0.25) is 0 Å². The van der Waals surface area contributed by atoms with Gasteiger partial charge in [0.25, 0.3) is 5.91 Å². The fraction of sp³-hybridized carbons (Fsp3) is 0.105.